The molecule has 0 aliphatic carbocycles. The van der Waals surface area contributed by atoms with Crippen LogP contribution in [-0.4, -0.2) is 295 Å². The van der Waals surface area contributed by atoms with E-state index in [1.807, 2.05) is 87.5 Å². The number of carbonyl (C=O) groups excluding carboxylic acids is 10. The Morgan fingerprint density at radius 2 is 0.763 bits per heavy atom. The van der Waals surface area contributed by atoms with E-state index in [1.54, 1.807) is 29.6 Å². The minimum atomic E-state index is -4.89. The number of aliphatic hydroxyl groups excluding tert-OH is 2. The van der Waals surface area contributed by atoms with E-state index in [2.05, 4.69) is 62.3 Å². The Bertz CT molecular complexity index is 3620. The Balaban J connectivity index is 0.000000559. The fraction of sp³-hybridized carbons (Fsp3) is 0.705. The van der Waals surface area contributed by atoms with Crippen molar-refractivity contribution in [3.8, 4) is 0 Å². The molecule has 3 unspecified atom stereocenters. The van der Waals surface area contributed by atoms with Crippen LogP contribution in [0.5, 0.6) is 0 Å². The van der Waals surface area contributed by atoms with Crippen LogP contribution in [0.2, 0.25) is 0 Å². The molecule has 5 heterocycles. The minimum absolute atomic E-state index is 0.0211. The van der Waals surface area contributed by atoms with Crippen LogP contribution >= 0.6 is 0 Å². The molecule has 0 saturated carbocycles. The highest BCUT2D eigenvalue weighted by molar-refractivity contribution is 6.01. The number of nitrogens with zero attached hydrogens (tertiary/aromatic N) is 1. The smallest absolute Gasteiger partial charge is 0.461 e. The number of rotatable bonds is 51. The molecule has 8 N–H and O–H groups in total. The van der Waals surface area contributed by atoms with Crippen molar-refractivity contribution in [2.24, 2.45) is 41.2 Å². The number of esters is 3. The fourth-order valence-corrected chi connectivity index (χ4v) is 13.7. The molecule has 8 rings (SSSR count). The van der Waals surface area contributed by atoms with E-state index in [0.717, 1.165) is 49.2 Å². The van der Waals surface area contributed by atoms with Gasteiger partial charge in [0, 0.05) is 92.9 Å². The van der Waals surface area contributed by atoms with Crippen LogP contribution in [0.4, 0.5) is 18.0 Å². The number of hydrogen-bond acceptors (Lipinski definition) is 32. The predicted molar refractivity (Wildman–Crippen MR) is 487 cm³/mol. The van der Waals surface area contributed by atoms with Crippen molar-refractivity contribution in [2.75, 3.05) is 158 Å². The third kappa shape index (κ3) is 56.8. The van der Waals surface area contributed by atoms with Crippen LogP contribution in [0, 0.1) is 35.5 Å². The number of ether oxygens (including phenoxy) is 18. The molecule has 3 aromatic carbocycles. The summed E-state index contributed by atoms with van der Waals surface area (Å²) in [7, 11) is 0. The van der Waals surface area contributed by atoms with E-state index in [0.29, 0.717) is 148 Å². The van der Waals surface area contributed by atoms with E-state index < -0.39 is 54.9 Å². The first-order valence-corrected chi connectivity index (χ1v) is 46.5. The van der Waals surface area contributed by atoms with Crippen molar-refractivity contribution in [1.82, 2.24) is 26.3 Å². The molecule has 0 bridgehead atoms. The summed E-state index contributed by atoms with van der Waals surface area (Å²) < 4.78 is 133. The maximum atomic E-state index is 12.0. The number of nitrogens with two attached hydrogens (primary N) is 1. The van der Waals surface area contributed by atoms with Gasteiger partial charge in [-0.15, -0.1) is 0 Å². The number of imide groups is 1. The molecule has 770 valence electrons. The maximum Gasteiger partial charge on any atom is 0.534 e. The molecule has 5 aliphatic heterocycles. The SMILES string of the molecule is C1CCOC1.CC[C@H]1OC(OC(C)=O)[C@H](NC(C)=O)[C@@H](C)[C@H]1C.CC[C@H]1OC(OCCOCCOCCCC(=O)OCc2ccccc2)[C@H](NC(C)=O)[C@@H](C)[C@H]1C.CC[C@H]1OC(OCCOCCOCCNC(=O)C(F)(F)F)[C@H](NC(C)=O)[C@@H](C)[C@H]1C.NCCOCCOCCO.O=C(CCCOCCOCCO)OCc1ccccc1.O=C(OCc1ccccc1)ON1C(=O)CCC1=O. The van der Waals surface area contributed by atoms with Gasteiger partial charge in [-0.3, -0.25) is 48.0 Å². The van der Waals surface area contributed by atoms with Crippen LogP contribution in [0.1, 0.15) is 177 Å². The summed E-state index contributed by atoms with van der Waals surface area (Å²) in [5.74, 6) is -2.72. The normalized spacial score (nSPS) is 22.1. The summed E-state index contributed by atoms with van der Waals surface area (Å²) in [5, 5.41) is 27.6. The Morgan fingerprint density at radius 1 is 0.437 bits per heavy atom. The first-order chi connectivity index (χ1) is 64.8. The molecule has 5 fully saturated rings. The number of hydrogen-bond donors (Lipinski definition) is 7. The summed E-state index contributed by atoms with van der Waals surface area (Å²) in [6, 6.07) is 27.5. The summed E-state index contributed by atoms with van der Waals surface area (Å²) in [6.07, 6.45) is -0.309. The standard InChI is InChI=1S/C26H41NO7.C19H33F3N2O6.C15H22O5.C13H23NO4.C12H11NO5.C6H15NO3.C4H8O/c1-5-23-19(2)20(3)25(27-21(4)28)26(34-23)32-17-16-31-15-14-30-13-9-12-24(29)33-18-22-10-7-6-8-11-22;1-5-15-12(2)13(3)16(24-14(4)25)17(30-15)29-11-10-28-9-8-27-7-6-23-18(26)19(20,21)22;16-8-10-19-12-11-18-9-4-7-15(17)20-13-14-5-2-1-3-6-14;1-6-11-7(2)8(3)12(14-9(4)15)13(18-11)17-10(5)16;14-10-6-7-11(15)13(10)18-12(16)17-8-9-4-2-1-3-5-9;7-1-3-9-5-6-10-4-2-8;1-2-4-5-3-1/h6-8,10-11,19-20,23,25-26H,5,9,12-18H2,1-4H3,(H,27,28);12-13,15-17H,5-11H2,1-4H3,(H,23,26)(H,24,25);1-3,5-6,16H,4,7-13H2;7-8,11-13H,6H2,1-5H3,(H,14,15);1-5H,6-8H2;8H,1-7H2;1-4H2/t19-,20+,23-,25-,26?;12-,13+,15-,16-,17?;;7-,8+,11-,12-,13?;;;/m11.1.../s1. The van der Waals surface area contributed by atoms with Gasteiger partial charge >= 0.3 is 36.1 Å². The van der Waals surface area contributed by atoms with Gasteiger partial charge in [-0.2, -0.15) is 13.2 Å². The second kappa shape index (κ2) is 75.5. The molecule has 0 radical (unpaired) electrons. The van der Waals surface area contributed by atoms with Gasteiger partial charge in [0.15, 0.2) is 12.6 Å². The summed E-state index contributed by atoms with van der Waals surface area (Å²) in [6.45, 7) is 34.3. The minimum Gasteiger partial charge on any atom is -0.461 e. The lowest BCUT2D eigenvalue weighted by molar-refractivity contribution is -0.239. The molecule has 15 atom stereocenters. The zero-order chi connectivity index (χ0) is 100.0. The maximum absolute atomic E-state index is 12.0. The molecule has 5 aliphatic rings. The van der Waals surface area contributed by atoms with Gasteiger partial charge in [0.1, 0.15) is 19.8 Å². The molecule has 135 heavy (non-hydrogen) atoms. The lowest BCUT2D eigenvalue weighted by Gasteiger charge is -2.44. The highest BCUT2D eigenvalue weighted by atomic mass is 19.4. The summed E-state index contributed by atoms with van der Waals surface area (Å²) >= 11 is 0. The Morgan fingerprint density at radius 3 is 1.09 bits per heavy atom. The van der Waals surface area contributed by atoms with Gasteiger partial charge in [-0.25, -0.2) is 4.79 Å². The number of hydroxylamine groups is 2. The van der Waals surface area contributed by atoms with Crippen LogP contribution in [0.3, 0.4) is 0 Å². The van der Waals surface area contributed by atoms with Gasteiger partial charge < -0.3 is 122 Å². The van der Waals surface area contributed by atoms with Gasteiger partial charge in [-0.05, 0) is 97.1 Å². The van der Waals surface area contributed by atoms with Gasteiger partial charge in [-0.1, -0.05) is 158 Å². The van der Waals surface area contributed by atoms with E-state index in [4.69, 9.17) is 101 Å². The lowest BCUT2D eigenvalue weighted by atomic mass is 9.81. The average Bonchev–Trinajstić information content (AvgIpc) is 1.69. The van der Waals surface area contributed by atoms with Crippen LogP contribution in [0.25, 0.3) is 0 Å². The van der Waals surface area contributed by atoms with Crippen molar-refractivity contribution < 1.29 is 161 Å². The molecule has 6 amide bonds. The van der Waals surface area contributed by atoms with Crippen molar-refractivity contribution in [2.45, 2.75) is 242 Å². The molecule has 3 aromatic rings. The monoisotopic (exact) mass is 1930 g/mol. The largest absolute Gasteiger partial charge is 0.534 e. The topological polar surface area (TPSA) is 464 Å². The van der Waals surface area contributed by atoms with Crippen LogP contribution in [0.15, 0.2) is 91.0 Å². The van der Waals surface area contributed by atoms with Gasteiger partial charge in [0.2, 0.25) is 24.0 Å². The van der Waals surface area contributed by atoms with Crippen molar-refractivity contribution in [1.29, 1.82) is 0 Å². The number of halogens is 3. The zero-order valence-corrected chi connectivity index (χ0v) is 81.1. The predicted octanol–water partition coefficient (Wildman–Crippen LogP) is 9.27. The first-order valence-electron chi connectivity index (χ1n) is 46.5. The number of alkyl halides is 3. The van der Waals surface area contributed by atoms with Crippen molar-refractivity contribution in [3.63, 3.8) is 0 Å². The summed E-state index contributed by atoms with van der Waals surface area (Å²) in [4.78, 5) is 117. The van der Waals surface area contributed by atoms with Crippen LogP contribution < -0.4 is 27.0 Å². The fourth-order valence-electron chi connectivity index (χ4n) is 13.7. The molecule has 40 heteroatoms. The zero-order valence-electron chi connectivity index (χ0n) is 81.1. The second-order valence-electron chi connectivity index (χ2n) is 31.9. The molecule has 0 spiro atoms. The van der Waals surface area contributed by atoms with Gasteiger partial charge in [0.05, 0.1) is 155 Å². The Kier molecular flexibility index (Phi) is 68.5. The molecule has 0 aromatic heterocycles. The van der Waals surface area contributed by atoms with E-state index in [9.17, 15) is 61.1 Å². The van der Waals surface area contributed by atoms with Crippen molar-refractivity contribution in [3.05, 3.63) is 108 Å². The number of aliphatic hydroxyl groups is 2. The molecular formula is C95H153F3N6O31. The van der Waals surface area contributed by atoms with E-state index in [-0.39, 0.29) is 162 Å². The quantitative estimate of drug-likeness (QED) is 0.0120. The van der Waals surface area contributed by atoms with Crippen molar-refractivity contribution >= 4 is 59.5 Å². The lowest BCUT2D eigenvalue weighted by Crippen LogP contribution is -2.57. The highest BCUT2D eigenvalue weighted by Gasteiger charge is 2.46. The van der Waals surface area contributed by atoms with E-state index in [1.165, 1.54) is 40.5 Å². The van der Waals surface area contributed by atoms with Gasteiger partial charge in [0.25, 0.3) is 11.8 Å². The number of carbonyl (C=O) groups is 10. The average molecular weight is 1930 g/mol. The Labute approximate surface area is 793 Å². The first kappa shape index (κ1) is 123. The Hall–Kier alpha value is -8.53. The van der Waals surface area contributed by atoms with E-state index >= 15 is 0 Å². The third-order valence-electron chi connectivity index (χ3n) is 21.4. The highest BCUT2D eigenvalue weighted by Crippen LogP contribution is 2.36. The summed E-state index contributed by atoms with van der Waals surface area (Å²) in [5.41, 5.74) is 7.91. The number of amides is 6. The number of nitrogens with one attached hydrogen (secondary N) is 4. The molecule has 37 nitrogen and oxygen atoms in total. The second-order valence-corrected chi connectivity index (χ2v) is 31.9. The molecule has 5 saturated heterocycles. The molecular weight excluding hydrogens is 1780 g/mol. The number of benzene rings is 3. The van der Waals surface area contributed by atoms with Crippen LogP contribution in [-0.2, 0) is 153 Å². The third-order valence-corrected chi connectivity index (χ3v) is 21.4.